The summed E-state index contributed by atoms with van der Waals surface area (Å²) in [6, 6.07) is 11.2. The summed E-state index contributed by atoms with van der Waals surface area (Å²) in [7, 11) is 0. The van der Waals surface area contributed by atoms with Gasteiger partial charge in [0, 0.05) is 17.0 Å². The van der Waals surface area contributed by atoms with Gasteiger partial charge in [0.2, 0.25) is 0 Å². The molecule has 0 radical (unpaired) electrons. The first-order chi connectivity index (χ1) is 16.5. The average Bonchev–Trinajstić information content (AvgIpc) is 3.33. The largest absolute Gasteiger partial charge is 0.508 e. The molecule has 3 unspecified atom stereocenters. The number of rotatable bonds is 6. The van der Waals surface area contributed by atoms with Crippen LogP contribution in [0.5, 0.6) is 5.75 Å². The number of hydrogen-bond acceptors (Lipinski definition) is 6. The molecular weight excluding hydrogens is 458 g/mol. The zero-order chi connectivity index (χ0) is 25.4. The molecule has 0 amide bonds. The molecule has 1 saturated carbocycles. The molecule has 5 nitrogen and oxygen atoms in total. The quantitative estimate of drug-likeness (QED) is 0.339. The van der Waals surface area contributed by atoms with E-state index in [1.807, 2.05) is 31.2 Å². The predicted octanol–water partition coefficient (Wildman–Crippen LogP) is 5.91. The third-order valence-corrected chi connectivity index (χ3v) is 9.10. The lowest BCUT2D eigenvalue weighted by Crippen LogP contribution is -2.54. The molecular formula is C29H39NO4S. The summed E-state index contributed by atoms with van der Waals surface area (Å²) in [5.74, 6) is 0.194. The number of hydrogen-bond donors (Lipinski definition) is 3. The Hall–Kier alpha value is -2.18. The van der Waals surface area contributed by atoms with Crippen LogP contribution in [0.3, 0.4) is 0 Å². The Balaban J connectivity index is 1.57. The molecule has 2 fully saturated rings. The SMILES string of the molecule is Cc1cc(SC2C(=O)OC(CCc3ccc(O)cc3)(C3CCCC3)CC2O)c(C(C)(C)C)cc1N. The van der Waals surface area contributed by atoms with Gasteiger partial charge in [-0.15, -0.1) is 11.8 Å². The summed E-state index contributed by atoms with van der Waals surface area (Å²) < 4.78 is 6.34. The van der Waals surface area contributed by atoms with Gasteiger partial charge in [0.15, 0.2) is 0 Å². The number of thioether (sulfide) groups is 1. The summed E-state index contributed by atoms with van der Waals surface area (Å²) >= 11 is 1.41. The number of ether oxygens (including phenoxy) is 1. The van der Waals surface area contributed by atoms with E-state index in [0.29, 0.717) is 12.8 Å². The molecule has 2 aromatic carbocycles. The van der Waals surface area contributed by atoms with Crippen molar-refractivity contribution in [3.05, 3.63) is 53.1 Å². The van der Waals surface area contributed by atoms with Crippen LogP contribution in [0.25, 0.3) is 0 Å². The minimum Gasteiger partial charge on any atom is -0.508 e. The first-order valence-corrected chi connectivity index (χ1v) is 13.6. The zero-order valence-electron chi connectivity index (χ0n) is 21.3. The fraction of sp³-hybridized carbons (Fsp3) is 0.552. The zero-order valence-corrected chi connectivity index (χ0v) is 22.2. The number of aliphatic hydroxyl groups excluding tert-OH is 1. The molecule has 1 heterocycles. The Morgan fingerprint density at radius 1 is 1.14 bits per heavy atom. The third-order valence-electron chi connectivity index (χ3n) is 7.74. The maximum Gasteiger partial charge on any atom is 0.322 e. The van der Waals surface area contributed by atoms with E-state index in [2.05, 4.69) is 20.8 Å². The maximum absolute atomic E-state index is 13.5. The van der Waals surface area contributed by atoms with Gasteiger partial charge in [-0.1, -0.05) is 45.7 Å². The summed E-state index contributed by atoms with van der Waals surface area (Å²) in [6.07, 6.45) is 5.41. The Morgan fingerprint density at radius 2 is 1.80 bits per heavy atom. The highest BCUT2D eigenvalue weighted by atomic mass is 32.2. The Labute approximate surface area is 213 Å². The van der Waals surface area contributed by atoms with Crippen LogP contribution in [0, 0.1) is 12.8 Å². The Bertz CT molecular complexity index is 1060. The van der Waals surface area contributed by atoms with Crippen molar-refractivity contribution in [3.63, 3.8) is 0 Å². The normalized spacial score (nSPS) is 25.6. The minimum atomic E-state index is -0.785. The molecule has 1 aliphatic heterocycles. The number of nitrogens with two attached hydrogens (primary N) is 1. The highest BCUT2D eigenvalue weighted by Crippen LogP contribution is 2.48. The standard InChI is InChI=1S/C29H39NO4S/c1-18-15-25(22(16-23(18)30)28(2,3)4)35-26-24(32)17-29(34-27(26)33,20-7-5-6-8-20)14-13-19-9-11-21(31)12-10-19/h9-12,15-16,20,24,26,31-32H,5-8,13-14,17,30H2,1-4H3. The van der Waals surface area contributed by atoms with Crippen LogP contribution in [0.1, 0.15) is 76.0 Å². The average molecular weight is 498 g/mol. The van der Waals surface area contributed by atoms with Gasteiger partial charge < -0.3 is 20.7 Å². The van der Waals surface area contributed by atoms with Crippen LogP contribution in [0.15, 0.2) is 41.3 Å². The molecule has 0 spiro atoms. The van der Waals surface area contributed by atoms with Crippen LogP contribution in [-0.2, 0) is 21.4 Å². The second-order valence-electron chi connectivity index (χ2n) is 11.4. The Morgan fingerprint density at radius 3 is 2.40 bits per heavy atom. The van der Waals surface area contributed by atoms with Crippen LogP contribution in [0.2, 0.25) is 0 Å². The van der Waals surface area contributed by atoms with E-state index in [1.165, 1.54) is 11.8 Å². The van der Waals surface area contributed by atoms with E-state index >= 15 is 0 Å². The van der Waals surface area contributed by atoms with Gasteiger partial charge in [-0.2, -0.15) is 0 Å². The van der Waals surface area contributed by atoms with Crippen molar-refractivity contribution >= 4 is 23.4 Å². The summed E-state index contributed by atoms with van der Waals surface area (Å²) in [6.45, 7) is 8.36. The number of aromatic hydroxyl groups is 1. The molecule has 0 bridgehead atoms. The fourth-order valence-electron chi connectivity index (χ4n) is 5.64. The molecule has 4 N–H and O–H groups in total. The smallest absolute Gasteiger partial charge is 0.322 e. The van der Waals surface area contributed by atoms with E-state index in [9.17, 15) is 15.0 Å². The van der Waals surface area contributed by atoms with Crippen LogP contribution in [-0.4, -0.2) is 33.1 Å². The number of aliphatic hydroxyl groups is 1. The summed E-state index contributed by atoms with van der Waals surface area (Å²) in [5.41, 5.74) is 9.28. The van der Waals surface area contributed by atoms with Crippen molar-refractivity contribution in [2.75, 3.05) is 5.73 Å². The number of esters is 1. The van der Waals surface area contributed by atoms with Gasteiger partial charge in [0.25, 0.3) is 0 Å². The number of phenols is 1. The van der Waals surface area contributed by atoms with Crippen molar-refractivity contribution < 1.29 is 19.7 Å². The van der Waals surface area contributed by atoms with Crippen LogP contribution < -0.4 is 5.73 Å². The number of benzene rings is 2. The van der Waals surface area contributed by atoms with Crippen molar-refractivity contribution in [1.29, 1.82) is 0 Å². The predicted molar refractivity (Wildman–Crippen MR) is 142 cm³/mol. The number of aryl methyl sites for hydroxylation is 2. The topological polar surface area (TPSA) is 92.8 Å². The molecule has 1 saturated heterocycles. The van der Waals surface area contributed by atoms with Crippen molar-refractivity contribution in [3.8, 4) is 5.75 Å². The van der Waals surface area contributed by atoms with E-state index < -0.39 is 17.0 Å². The van der Waals surface area contributed by atoms with Gasteiger partial charge >= 0.3 is 5.97 Å². The van der Waals surface area contributed by atoms with E-state index in [1.54, 1.807) is 12.1 Å². The molecule has 35 heavy (non-hydrogen) atoms. The molecule has 3 atom stereocenters. The van der Waals surface area contributed by atoms with Gasteiger partial charge in [-0.05, 0) is 84.9 Å². The van der Waals surface area contributed by atoms with E-state index in [-0.39, 0.29) is 23.1 Å². The Kier molecular flexibility index (Phi) is 7.44. The number of phenolic OH excluding ortho intramolecular Hbond substituents is 1. The number of cyclic esters (lactones) is 1. The molecule has 6 heteroatoms. The lowest BCUT2D eigenvalue weighted by Gasteiger charge is -2.45. The number of anilines is 1. The molecule has 0 aromatic heterocycles. The van der Waals surface area contributed by atoms with Crippen molar-refractivity contribution in [2.24, 2.45) is 5.92 Å². The molecule has 190 valence electrons. The van der Waals surface area contributed by atoms with Gasteiger partial charge in [-0.25, -0.2) is 0 Å². The second-order valence-corrected chi connectivity index (χ2v) is 12.6. The molecule has 2 aliphatic rings. The highest BCUT2D eigenvalue weighted by molar-refractivity contribution is 8.00. The monoisotopic (exact) mass is 497 g/mol. The second kappa shape index (κ2) is 10.1. The van der Waals surface area contributed by atoms with E-state index in [0.717, 1.165) is 59.4 Å². The van der Waals surface area contributed by atoms with Crippen molar-refractivity contribution in [1.82, 2.24) is 0 Å². The lowest BCUT2D eigenvalue weighted by atomic mass is 9.75. The lowest BCUT2D eigenvalue weighted by molar-refractivity contribution is -0.185. The van der Waals surface area contributed by atoms with Gasteiger partial charge in [0.1, 0.15) is 16.6 Å². The summed E-state index contributed by atoms with van der Waals surface area (Å²) in [4.78, 5) is 14.5. The summed E-state index contributed by atoms with van der Waals surface area (Å²) in [5, 5.41) is 20.3. The first kappa shape index (κ1) is 25.9. The number of nitrogen functional groups attached to an aromatic ring is 1. The fourth-order valence-corrected chi connectivity index (χ4v) is 7.05. The number of carbonyl (C=O) groups excluding carboxylic acids is 1. The number of carbonyl (C=O) groups is 1. The van der Waals surface area contributed by atoms with Crippen LogP contribution >= 0.6 is 11.8 Å². The molecule has 4 rings (SSSR count). The highest BCUT2D eigenvalue weighted by Gasteiger charge is 2.51. The minimum absolute atomic E-state index is 0.147. The molecule has 2 aromatic rings. The maximum atomic E-state index is 13.5. The van der Waals surface area contributed by atoms with E-state index in [4.69, 9.17) is 10.5 Å². The third kappa shape index (κ3) is 5.64. The van der Waals surface area contributed by atoms with Crippen LogP contribution in [0.4, 0.5) is 5.69 Å². The van der Waals surface area contributed by atoms with Gasteiger partial charge in [0.05, 0.1) is 6.10 Å². The molecule has 1 aliphatic carbocycles. The van der Waals surface area contributed by atoms with Gasteiger partial charge in [-0.3, -0.25) is 4.79 Å². The first-order valence-electron chi connectivity index (χ1n) is 12.7. The van der Waals surface area contributed by atoms with Crippen molar-refractivity contribution in [2.45, 2.75) is 99.9 Å².